The van der Waals surface area contributed by atoms with Crippen molar-refractivity contribution in [3.63, 3.8) is 0 Å². The second-order valence-electron chi connectivity index (χ2n) is 6.91. The molecule has 0 amide bonds. The van der Waals surface area contributed by atoms with E-state index in [0.717, 1.165) is 44.1 Å². The Hall–Kier alpha value is -1.33. The van der Waals surface area contributed by atoms with E-state index in [0.29, 0.717) is 5.92 Å². The van der Waals surface area contributed by atoms with Crippen molar-refractivity contribution < 1.29 is 5.11 Å². The van der Waals surface area contributed by atoms with Crippen molar-refractivity contribution in [2.75, 3.05) is 0 Å². The van der Waals surface area contributed by atoms with Crippen LogP contribution in [0, 0.1) is 17.2 Å². The summed E-state index contributed by atoms with van der Waals surface area (Å²) in [5.41, 5.74) is 0.804. The van der Waals surface area contributed by atoms with Gasteiger partial charge in [0.15, 0.2) is 0 Å². The first-order valence-electron chi connectivity index (χ1n) is 8.37. The Morgan fingerprint density at radius 2 is 2.05 bits per heavy atom. The summed E-state index contributed by atoms with van der Waals surface area (Å²) in [6.07, 6.45) is 7.71. The quantitative estimate of drug-likeness (QED) is 0.830. The van der Waals surface area contributed by atoms with Crippen molar-refractivity contribution in [3.8, 4) is 6.07 Å². The van der Waals surface area contributed by atoms with E-state index in [-0.39, 0.29) is 0 Å². The lowest BCUT2D eigenvalue weighted by molar-refractivity contribution is -0.0312. The molecule has 0 heterocycles. The molecule has 1 fully saturated rings. The van der Waals surface area contributed by atoms with Crippen molar-refractivity contribution in [1.82, 2.24) is 0 Å². The maximum atomic E-state index is 11.4. The average molecular weight is 283 g/mol. The zero-order valence-electron chi connectivity index (χ0n) is 12.9. The highest BCUT2D eigenvalue weighted by molar-refractivity contribution is 5.47. The predicted molar refractivity (Wildman–Crippen MR) is 83.9 cm³/mol. The van der Waals surface area contributed by atoms with Crippen LogP contribution in [0.1, 0.15) is 63.0 Å². The molecule has 1 aromatic carbocycles. The molecule has 0 aromatic heterocycles. The Labute approximate surface area is 127 Å². The van der Waals surface area contributed by atoms with Gasteiger partial charge in [0.1, 0.15) is 5.41 Å². The monoisotopic (exact) mass is 283 g/mol. The van der Waals surface area contributed by atoms with Gasteiger partial charge in [0.05, 0.1) is 11.7 Å². The van der Waals surface area contributed by atoms with Gasteiger partial charge < -0.3 is 5.11 Å². The molecular weight excluding hydrogens is 258 g/mol. The first kappa shape index (κ1) is 14.6. The zero-order valence-corrected chi connectivity index (χ0v) is 12.9. The fourth-order valence-electron chi connectivity index (χ4n) is 4.55. The predicted octanol–water partition coefficient (Wildman–Crippen LogP) is 4.12. The molecule has 1 N–H and O–H groups in total. The van der Waals surface area contributed by atoms with Gasteiger partial charge in [-0.15, -0.1) is 0 Å². The second-order valence-corrected chi connectivity index (χ2v) is 6.91. The maximum absolute atomic E-state index is 11.4. The minimum absolute atomic E-state index is 0.688. The van der Waals surface area contributed by atoms with Gasteiger partial charge >= 0.3 is 0 Å². The van der Waals surface area contributed by atoms with E-state index in [9.17, 15) is 10.4 Å². The van der Waals surface area contributed by atoms with E-state index in [2.05, 4.69) is 25.1 Å². The summed E-state index contributed by atoms with van der Waals surface area (Å²) in [6, 6.07) is 10.8. The van der Waals surface area contributed by atoms with E-state index >= 15 is 0 Å². The second kappa shape index (κ2) is 5.46. The molecule has 2 aliphatic carbocycles. The number of fused-ring (bicyclic) bond motifs is 1. The SMILES string of the molecule is CCC1CCCC(O)(C2(C#N)CCc3ccccc32)CC1. The van der Waals surface area contributed by atoms with Gasteiger partial charge in [0.25, 0.3) is 0 Å². The summed E-state index contributed by atoms with van der Waals surface area (Å²) in [6.45, 7) is 2.24. The van der Waals surface area contributed by atoms with Gasteiger partial charge in [0, 0.05) is 0 Å². The van der Waals surface area contributed by atoms with E-state index in [1.165, 1.54) is 18.4 Å². The molecule has 1 saturated carbocycles. The van der Waals surface area contributed by atoms with E-state index in [1.54, 1.807) is 0 Å². The fraction of sp³-hybridized carbons (Fsp3) is 0.632. The van der Waals surface area contributed by atoms with Crippen LogP contribution < -0.4 is 0 Å². The number of nitrogens with zero attached hydrogens (tertiary/aromatic N) is 1. The van der Waals surface area contributed by atoms with Crippen LogP contribution >= 0.6 is 0 Å². The Morgan fingerprint density at radius 1 is 1.24 bits per heavy atom. The third-order valence-electron chi connectivity index (χ3n) is 5.98. The number of hydrogen-bond donors (Lipinski definition) is 1. The lowest BCUT2D eigenvalue weighted by Crippen LogP contribution is -2.49. The summed E-state index contributed by atoms with van der Waals surface area (Å²) >= 11 is 0. The Balaban J connectivity index is 1.99. The molecule has 2 aliphatic rings. The maximum Gasteiger partial charge on any atom is 0.111 e. The van der Waals surface area contributed by atoms with Gasteiger partial charge in [-0.1, -0.05) is 50.5 Å². The van der Waals surface area contributed by atoms with Crippen LogP contribution in [0.15, 0.2) is 24.3 Å². The Kier molecular flexibility index (Phi) is 3.80. The molecule has 0 radical (unpaired) electrons. The number of benzene rings is 1. The standard InChI is InChI=1S/C19H25NO/c1-2-15-6-5-11-19(21,13-9-15)18(14-20)12-10-16-7-3-4-8-17(16)18/h3-4,7-8,15,21H,2,5-6,9-13H2,1H3. The third-order valence-corrected chi connectivity index (χ3v) is 5.98. The van der Waals surface area contributed by atoms with Gasteiger partial charge in [-0.25, -0.2) is 0 Å². The van der Waals surface area contributed by atoms with Crippen LogP contribution in [0.2, 0.25) is 0 Å². The largest absolute Gasteiger partial charge is 0.388 e. The highest BCUT2D eigenvalue weighted by atomic mass is 16.3. The van der Waals surface area contributed by atoms with Crippen LogP contribution in [0.4, 0.5) is 0 Å². The normalized spacial score (nSPS) is 35.8. The van der Waals surface area contributed by atoms with Crippen molar-refractivity contribution in [3.05, 3.63) is 35.4 Å². The minimum Gasteiger partial charge on any atom is -0.388 e. The first-order valence-corrected chi connectivity index (χ1v) is 8.37. The molecule has 2 nitrogen and oxygen atoms in total. The van der Waals surface area contributed by atoms with E-state index < -0.39 is 11.0 Å². The third kappa shape index (κ3) is 2.19. The summed E-state index contributed by atoms with van der Waals surface area (Å²) in [5, 5.41) is 21.4. The van der Waals surface area contributed by atoms with Crippen molar-refractivity contribution in [1.29, 1.82) is 5.26 Å². The van der Waals surface area contributed by atoms with Crippen LogP contribution in [0.3, 0.4) is 0 Å². The number of aliphatic hydroxyl groups is 1. The molecule has 0 spiro atoms. The molecule has 2 heteroatoms. The summed E-state index contributed by atoms with van der Waals surface area (Å²) in [5.74, 6) is 0.714. The number of hydrogen-bond acceptors (Lipinski definition) is 2. The average Bonchev–Trinajstić information content (AvgIpc) is 2.80. The number of aryl methyl sites for hydroxylation is 1. The van der Waals surface area contributed by atoms with Crippen molar-refractivity contribution >= 4 is 0 Å². The van der Waals surface area contributed by atoms with Crippen LogP contribution in [0.5, 0.6) is 0 Å². The van der Waals surface area contributed by atoms with Gasteiger partial charge in [0.2, 0.25) is 0 Å². The molecule has 21 heavy (non-hydrogen) atoms. The highest BCUT2D eigenvalue weighted by Crippen LogP contribution is 2.51. The van der Waals surface area contributed by atoms with Gasteiger partial charge in [-0.2, -0.15) is 5.26 Å². The van der Waals surface area contributed by atoms with Crippen LogP contribution in [0.25, 0.3) is 0 Å². The Morgan fingerprint density at radius 3 is 2.81 bits per heavy atom. The molecule has 3 atom stereocenters. The summed E-state index contributed by atoms with van der Waals surface area (Å²) in [7, 11) is 0. The van der Waals surface area contributed by atoms with Crippen molar-refractivity contribution in [2.45, 2.75) is 69.3 Å². The topological polar surface area (TPSA) is 44.0 Å². The lowest BCUT2D eigenvalue weighted by atomic mass is 9.65. The molecule has 0 bridgehead atoms. The van der Waals surface area contributed by atoms with E-state index in [4.69, 9.17) is 0 Å². The lowest BCUT2D eigenvalue weighted by Gasteiger charge is -2.41. The molecule has 3 rings (SSSR count). The first-order chi connectivity index (χ1) is 10.1. The fourth-order valence-corrected chi connectivity index (χ4v) is 4.55. The number of nitriles is 1. The molecule has 0 saturated heterocycles. The zero-order chi connectivity index (χ0) is 14.9. The Bertz CT molecular complexity index is 561. The van der Waals surface area contributed by atoms with Crippen molar-refractivity contribution in [2.24, 2.45) is 5.92 Å². The molecule has 1 aromatic rings. The molecular formula is C19H25NO. The smallest absolute Gasteiger partial charge is 0.111 e. The summed E-state index contributed by atoms with van der Waals surface area (Å²) < 4.78 is 0. The molecule has 112 valence electrons. The minimum atomic E-state index is -0.849. The molecule has 3 unspecified atom stereocenters. The number of rotatable bonds is 2. The van der Waals surface area contributed by atoms with Crippen LogP contribution in [-0.2, 0) is 11.8 Å². The van der Waals surface area contributed by atoms with Gasteiger partial charge in [-0.3, -0.25) is 0 Å². The van der Waals surface area contributed by atoms with Crippen LogP contribution in [-0.4, -0.2) is 10.7 Å². The molecule has 0 aliphatic heterocycles. The van der Waals surface area contributed by atoms with E-state index in [1.807, 2.05) is 12.1 Å². The summed E-state index contributed by atoms with van der Waals surface area (Å²) in [4.78, 5) is 0. The highest BCUT2D eigenvalue weighted by Gasteiger charge is 2.55. The van der Waals surface area contributed by atoms with Gasteiger partial charge in [-0.05, 0) is 49.1 Å².